The van der Waals surface area contributed by atoms with E-state index < -0.39 is 0 Å². The average Bonchev–Trinajstić information content (AvgIpc) is 3.03. The summed E-state index contributed by atoms with van der Waals surface area (Å²) in [5.41, 5.74) is 1.60. The van der Waals surface area contributed by atoms with E-state index >= 15 is 0 Å². The number of benzene rings is 1. The zero-order valence-electron chi connectivity index (χ0n) is 9.64. The van der Waals surface area contributed by atoms with Crippen LogP contribution in [-0.4, -0.2) is 11.3 Å². The molecule has 0 unspecified atom stereocenters. The minimum atomic E-state index is 0.542. The highest BCUT2D eigenvalue weighted by Gasteiger charge is 2.10. The lowest BCUT2D eigenvalue weighted by Crippen LogP contribution is -2.00. The Hall–Kier alpha value is -2.49. The molecule has 2 heterocycles. The maximum atomic E-state index is 11.2. The van der Waals surface area contributed by atoms with Crippen LogP contribution in [0.25, 0.3) is 10.9 Å². The Bertz CT molecular complexity index is 668. The summed E-state index contributed by atoms with van der Waals surface area (Å²) in [5.74, 6) is 1.55. The number of fused-ring (bicyclic) bond motifs is 1. The Morgan fingerprint density at radius 2 is 2.11 bits per heavy atom. The van der Waals surface area contributed by atoms with Crippen molar-refractivity contribution in [2.45, 2.75) is 6.54 Å². The quantitative estimate of drug-likeness (QED) is 0.688. The van der Waals surface area contributed by atoms with Gasteiger partial charge in [0.25, 0.3) is 0 Å². The fraction of sp³-hybridized carbons (Fsp3) is 0.0714. The Morgan fingerprint density at radius 3 is 2.89 bits per heavy atom. The molecule has 0 amide bonds. The molecule has 3 aromatic rings. The SMILES string of the molecule is O=Cc1c(NCc2ccco2)[nH]c2ccccc12. The highest BCUT2D eigenvalue weighted by Crippen LogP contribution is 2.24. The Morgan fingerprint density at radius 1 is 1.22 bits per heavy atom. The Kier molecular flexibility index (Phi) is 2.61. The number of aromatic nitrogens is 1. The van der Waals surface area contributed by atoms with Gasteiger partial charge in [0.15, 0.2) is 6.29 Å². The minimum absolute atomic E-state index is 0.542. The minimum Gasteiger partial charge on any atom is -0.467 e. The van der Waals surface area contributed by atoms with Crippen LogP contribution in [0.2, 0.25) is 0 Å². The summed E-state index contributed by atoms with van der Waals surface area (Å²) < 4.78 is 5.24. The molecule has 18 heavy (non-hydrogen) atoms. The highest BCUT2D eigenvalue weighted by atomic mass is 16.3. The number of hydrogen-bond acceptors (Lipinski definition) is 3. The molecule has 0 radical (unpaired) electrons. The van der Waals surface area contributed by atoms with Gasteiger partial charge in [-0.15, -0.1) is 0 Å². The number of aldehydes is 1. The summed E-state index contributed by atoms with van der Waals surface area (Å²) in [6.45, 7) is 0.542. The number of H-pyrrole nitrogens is 1. The van der Waals surface area contributed by atoms with Crippen molar-refractivity contribution in [1.29, 1.82) is 0 Å². The molecule has 0 saturated carbocycles. The average molecular weight is 240 g/mol. The van der Waals surface area contributed by atoms with E-state index in [4.69, 9.17) is 4.42 Å². The van der Waals surface area contributed by atoms with Gasteiger partial charge in [-0.25, -0.2) is 0 Å². The molecule has 4 heteroatoms. The van der Waals surface area contributed by atoms with Gasteiger partial charge in [0.1, 0.15) is 11.6 Å². The van der Waals surface area contributed by atoms with Crippen LogP contribution in [-0.2, 0) is 6.54 Å². The second kappa shape index (κ2) is 4.41. The molecule has 0 aliphatic heterocycles. The van der Waals surface area contributed by atoms with E-state index in [1.54, 1.807) is 6.26 Å². The van der Waals surface area contributed by atoms with Crippen LogP contribution in [0.5, 0.6) is 0 Å². The topological polar surface area (TPSA) is 58.0 Å². The van der Waals surface area contributed by atoms with Gasteiger partial charge in [-0.3, -0.25) is 4.79 Å². The molecule has 0 bridgehead atoms. The Balaban J connectivity index is 1.93. The van der Waals surface area contributed by atoms with E-state index in [0.717, 1.165) is 28.8 Å². The number of rotatable bonds is 4. The van der Waals surface area contributed by atoms with Crippen LogP contribution < -0.4 is 5.32 Å². The van der Waals surface area contributed by atoms with Crippen LogP contribution in [0, 0.1) is 0 Å². The smallest absolute Gasteiger partial charge is 0.154 e. The summed E-state index contributed by atoms with van der Waals surface area (Å²) in [6, 6.07) is 11.4. The molecule has 3 rings (SSSR count). The molecule has 0 saturated heterocycles. The van der Waals surface area contributed by atoms with E-state index in [1.165, 1.54) is 0 Å². The third kappa shape index (κ3) is 1.78. The number of anilines is 1. The summed E-state index contributed by atoms with van der Waals surface area (Å²) in [6.07, 6.45) is 2.49. The van der Waals surface area contributed by atoms with Crippen molar-refractivity contribution in [2.24, 2.45) is 0 Å². The maximum absolute atomic E-state index is 11.2. The number of para-hydroxylation sites is 1. The van der Waals surface area contributed by atoms with Crippen molar-refractivity contribution in [3.8, 4) is 0 Å². The summed E-state index contributed by atoms with van der Waals surface area (Å²) in [5, 5.41) is 4.10. The molecule has 0 spiro atoms. The number of aromatic amines is 1. The van der Waals surface area contributed by atoms with E-state index in [0.29, 0.717) is 12.1 Å². The molecular weight excluding hydrogens is 228 g/mol. The van der Waals surface area contributed by atoms with Crippen LogP contribution in [0.4, 0.5) is 5.82 Å². The van der Waals surface area contributed by atoms with Gasteiger partial charge < -0.3 is 14.7 Å². The first-order valence-electron chi connectivity index (χ1n) is 5.70. The highest BCUT2D eigenvalue weighted by molar-refractivity contribution is 6.03. The first-order valence-corrected chi connectivity index (χ1v) is 5.70. The number of carbonyl (C=O) groups is 1. The van der Waals surface area contributed by atoms with Crippen LogP contribution in [0.1, 0.15) is 16.1 Å². The first-order chi connectivity index (χ1) is 8.88. The van der Waals surface area contributed by atoms with E-state index in [1.807, 2.05) is 36.4 Å². The summed E-state index contributed by atoms with van der Waals surface area (Å²) in [7, 11) is 0. The molecule has 90 valence electrons. The molecule has 0 aliphatic carbocycles. The maximum Gasteiger partial charge on any atom is 0.154 e. The lowest BCUT2D eigenvalue weighted by molar-refractivity contribution is 0.112. The molecule has 0 atom stereocenters. The lowest BCUT2D eigenvalue weighted by Gasteiger charge is -2.02. The first kappa shape index (κ1) is 10.7. The van der Waals surface area contributed by atoms with Gasteiger partial charge in [0.05, 0.1) is 18.4 Å². The fourth-order valence-corrected chi connectivity index (χ4v) is 2.01. The zero-order chi connectivity index (χ0) is 12.4. The predicted octanol–water partition coefficient (Wildman–Crippen LogP) is 3.19. The predicted molar refractivity (Wildman–Crippen MR) is 69.7 cm³/mol. The number of hydrogen-bond donors (Lipinski definition) is 2. The Labute approximate surface area is 104 Å². The number of carbonyl (C=O) groups excluding carboxylic acids is 1. The van der Waals surface area contributed by atoms with Crippen LogP contribution in [0.15, 0.2) is 47.1 Å². The van der Waals surface area contributed by atoms with E-state index in [-0.39, 0.29) is 0 Å². The normalized spacial score (nSPS) is 10.7. The van der Waals surface area contributed by atoms with E-state index in [9.17, 15) is 4.79 Å². The second-order valence-electron chi connectivity index (χ2n) is 4.01. The molecule has 0 aliphatic rings. The van der Waals surface area contributed by atoms with E-state index in [2.05, 4.69) is 10.3 Å². The number of nitrogens with one attached hydrogen (secondary N) is 2. The van der Waals surface area contributed by atoms with Gasteiger partial charge in [-0.1, -0.05) is 18.2 Å². The van der Waals surface area contributed by atoms with Gasteiger partial charge in [0.2, 0.25) is 0 Å². The largest absolute Gasteiger partial charge is 0.467 e. The summed E-state index contributed by atoms with van der Waals surface area (Å²) >= 11 is 0. The number of furan rings is 1. The van der Waals surface area contributed by atoms with Crippen LogP contribution in [0.3, 0.4) is 0 Å². The van der Waals surface area contributed by atoms with Crippen molar-refractivity contribution in [3.63, 3.8) is 0 Å². The van der Waals surface area contributed by atoms with Gasteiger partial charge in [0, 0.05) is 10.9 Å². The fourth-order valence-electron chi connectivity index (χ4n) is 2.01. The van der Waals surface area contributed by atoms with Crippen molar-refractivity contribution >= 4 is 23.0 Å². The van der Waals surface area contributed by atoms with Gasteiger partial charge in [-0.05, 0) is 18.2 Å². The standard InChI is InChI=1S/C14H12N2O2/c17-9-12-11-5-1-2-6-13(11)16-14(12)15-8-10-4-3-7-18-10/h1-7,9,15-16H,8H2. The van der Waals surface area contributed by atoms with Gasteiger partial charge >= 0.3 is 0 Å². The van der Waals surface area contributed by atoms with Crippen molar-refractivity contribution in [3.05, 3.63) is 54.0 Å². The molecule has 4 nitrogen and oxygen atoms in total. The second-order valence-corrected chi connectivity index (χ2v) is 4.01. The molecule has 2 aromatic heterocycles. The van der Waals surface area contributed by atoms with Crippen molar-refractivity contribution in [1.82, 2.24) is 4.98 Å². The molecular formula is C14H12N2O2. The third-order valence-electron chi connectivity index (χ3n) is 2.88. The molecule has 0 fully saturated rings. The molecule has 1 aromatic carbocycles. The van der Waals surface area contributed by atoms with Crippen molar-refractivity contribution in [2.75, 3.05) is 5.32 Å². The van der Waals surface area contributed by atoms with Crippen LogP contribution >= 0.6 is 0 Å². The van der Waals surface area contributed by atoms with Crippen molar-refractivity contribution < 1.29 is 9.21 Å². The monoisotopic (exact) mass is 240 g/mol. The third-order valence-corrected chi connectivity index (χ3v) is 2.88. The molecule has 2 N–H and O–H groups in total. The van der Waals surface area contributed by atoms with Gasteiger partial charge in [-0.2, -0.15) is 0 Å². The zero-order valence-corrected chi connectivity index (χ0v) is 9.64. The summed E-state index contributed by atoms with van der Waals surface area (Å²) in [4.78, 5) is 14.4. The lowest BCUT2D eigenvalue weighted by atomic mass is 10.2.